The Morgan fingerprint density at radius 1 is 1.29 bits per heavy atom. The molecule has 8 nitrogen and oxygen atoms in total. The number of benzene rings is 1. The molecule has 1 aromatic rings. The Kier molecular flexibility index (Phi) is 7.57. The Balaban J connectivity index is 2.04. The molecule has 0 aliphatic carbocycles. The first kappa shape index (κ1) is 21.0. The van der Waals surface area contributed by atoms with Gasteiger partial charge in [0.05, 0.1) is 30.9 Å². The largest absolute Gasteiger partial charge is 0.466 e. The number of rotatable bonds is 6. The third kappa shape index (κ3) is 5.33. The number of nitriles is 1. The van der Waals surface area contributed by atoms with Crippen LogP contribution in [0.25, 0.3) is 0 Å². The fourth-order valence-corrected chi connectivity index (χ4v) is 2.91. The molecule has 0 unspecified atom stereocenters. The van der Waals surface area contributed by atoms with Gasteiger partial charge in [0.15, 0.2) is 0 Å². The van der Waals surface area contributed by atoms with Gasteiger partial charge in [-0.05, 0) is 31.9 Å². The van der Waals surface area contributed by atoms with E-state index in [0.717, 1.165) is 0 Å². The first-order valence-electron chi connectivity index (χ1n) is 9.01. The quantitative estimate of drug-likeness (QED) is 0.454. The van der Waals surface area contributed by atoms with Gasteiger partial charge in [0, 0.05) is 19.3 Å². The van der Waals surface area contributed by atoms with Gasteiger partial charge in [0.1, 0.15) is 11.6 Å². The van der Waals surface area contributed by atoms with Crippen LogP contribution in [0.4, 0.5) is 5.69 Å². The number of nitrogens with one attached hydrogen (secondary N) is 1. The van der Waals surface area contributed by atoms with Crippen molar-refractivity contribution < 1.29 is 23.9 Å². The van der Waals surface area contributed by atoms with E-state index in [2.05, 4.69) is 5.32 Å². The molecule has 0 aromatic heterocycles. The summed E-state index contributed by atoms with van der Waals surface area (Å²) in [7, 11) is 1.25. The summed E-state index contributed by atoms with van der Waals surface area (Å²) in [6.07, 6.45) is 2.68. The summed E-state index contributed by atoms with van der Waals surface area (Å²) < 4.78 is 9.73. The van der Waals surface area contributed by atoms with Gasteiger partial charge in [-0.25, -0.2) is 4.79 Å². The monoisotopic (exact) mass is 385 g/mol. The second kappa shape index (κ2) is 10.1. The molecule has 1 N–H and O–H groups in total. The third-order valence-corrected chi connectivity index (χ3v) is 4.41. The molecule has 1 aliphatic rings. The molecule has 0 spiro atoms. The highest BCUT2D eigenvalue weighted by Crippen LogP contribution is 2.20. The van der Waals surface area contributed by atoms with Gasteiger partial charge >= 0.3 is 11.9 Å². The van der Waals surface area contributed by atoms with Crippen LogP contribution in [-0.2, 0) is 19.1 Å². The standard InChI is InChI=1S/C20H23N3O5/c1-3-28-19(25)14-8-10-23(11-9-14)13-15(12-21)18(24)22-17-7-5-4-6-16(17)20(26)27-2/h4-7,13-14H,3,8-11H2,1-2H3,(H,22,24)/b15-13-. The van der Waals surface area contributed by atoms with Crippen LogP contribution in [0.5, 0.6) is 0 Å². The Labute approximate surface area is 163 Å². The number of hydrogen-bond donors (Lipinski definition) is 1. The highest BCUT2D eigenvalue weighted by molar-refractivity contribution is 6.09. The van der Waals surface area contributed by atoms with Crippen LogP contribution < -0.4 is 5.32 Å². The minimum atomic E-state index is -0.619. The average Bonchev–Trinajstić information content (AvgIpc) is 2.72. The van der Waals surface area contributed by atoms with Gasteiger partial charge in [0.25, 0.3) is 5.91 Å². The van der Waals surface area contributed by atoms with Crippen molar-refractivity contribution in [3.05, 3.63) is 41.6 Å². The van der Waals surface area contributed by atoms with Gasteiger partial charge in [-0.2, -0.15) is 5.26 Å². The zero-order valence-electron chi connectivity index (χ0n) is 15.9. The summed E-state index contributed by atoms with van der Waals surface area (Å²) in [5, 5.41) is 11.9. The van der Waals surface area contributed by atoms with E-state index in [-0.39, 0.29) is 28.7 Å². The van der Waals surface area contributed by atoms with E-state index in [1.807, 2.05) is 11.0 Å². The summed E-state index contributed by atoms with van der Waals surface area (Å²) in [5.41, 5.74) is 0.377. The molecule has 1 saturated heterocycles. The summed E-state index contributed by atoms with van der Waals surface area (Å²) in [4.78, 5) is 37.9. The molecule has 1 fully saturated rings. The number of methoxy groups -OCH3 is 1. The van der Waals surface area contributed by atoms with E-state index in [4.69, 9.17) is 9.47 Å². The summed E-state index contributed by atoms with van der Waals surface area (Å²) in [6.45, 7) is 3.21. The number of nitrogens with zero attached hydrogens (tertiary/aromatic N) is 2. The van der Waals surface area contributed by atoms with Crippen molar-refractivity contribution in [2.45, 2.75) is 19.8 Å². The maximum Gasteiger partial charge on any atom is 0.339 e. The molecular formula is C20H23N3O5. The zero-order chi connectivity index (χ0) is 20.5. The minimum absolute atomic E-state index is 0.0887. The van der Waals surface area contributed by atoms with Crippen LogP contribution in [0, 0.1) is 17.2 Å². The van der Waals surface area contributed by atoms with Crippen LogP contribution in [0.15, 0.2) is 36.0 Å². The fraction of sp³-hybridized carbons (Fsp3) is 0.400. The molecule has 2 rings (SSSR count). The number of amides is 1. The van der Waals surface area contributed by atoms with Crippen molar-refractivity contribution in [1.29, 1.82) is 5.26 Å². The number of anilines is 1. The summed E-state index contributed by atoms with van der Waals surface area (Å²) in [5.74, 6) is -1.56. The van der Waals surface area contributed by atoms with Crippen LogP contribution >= 0.6 is 0 Å². The number of esters is 2. The Bertz CT molecular complexity index is 804. The Hall–Kier alpha value is -3.34. The van der Waals surface area contributed by atoms with E-state index >= 15 is 0 Å². The Morgan fingerprint density at radius 2 is 1.96 bits per heavy atom. The average molecular weight is 385 g/mol. The van der Waals surface area contributed by atoms with Gasteiger partial charge < -0.3 is 19.7 Å². The third-order valence-electron chi connectivity index (χ3n) is 4.41. The van der Waals surface area contributed by atoms with Gasteiger partial charge in [-0.3, -0.25) is 9.59 Å². The predicted molar refractivity (Wildman–Crippen MR) is 101 cm³/mol. The normalized spacial score (nSPS) is 14.8. The van der Waals surface area contributed by atoms with E-state index in [9.17, 15) is 19.6 Å². The Morgan fingerprint density at radius 3 is 2.57 bits per heavy atom. The lowest BCUT2D eigenvalue weighted by molar-refractivity contribution is -0.149. The topological polar surface area (TPSA) is 109 Å². The SMILES string of the molecule is CCOC(=O)C1CCN(/C=C(/C#N)C(=O)Nc2ccccc2C(=O)OC)CC1. The lowest BCUT2D eigenvalue weighted by Crippen LogP contribution is -2.34. The molecule has 28 heavy (non-hydrogen) atoms. The van der Waals surface area contributed by atoms with E-state index in [1.54, 1.807) is 25.1 Å². The first-order valence-corrected chi connectivity index (χ1v) is 9.01. The summed E-state index contributed by atoms with van der Waals surface area (Å²) >= 11 is 0. The molecule has 0 saturated carbocycles. The second-order valence-electron chi connectivity index (χ2n) is 6.21. The number of para-hydroxylation sites is 1. The highest BCUT2D eigenvalue weighted by atomic mass is 16.5. The predicted octanol–water partition coefficient (Wildman–Crippen LogP) is 2.09. The molecule has 1 aliphatic heterocycles. The second-order valence-corrected chi connectivity index (χ2v) is 6.21. The number of ether oxygens (including phenoxy) is 2. The number of carbonyl (C=O) groups excluding carboxylic acids is 3. The van der Waals surface area contributed by atoms with Crippen LogP contribution in [-0.4, -0.2) is 49.6 Å². The molecule has 148 valence electrons. The molecular weight excluding hydrogens is 362 g/mol. The van der Waals surface area contributed by atoms with Crippen LogP contribution in [0.3, 0.4) is 0 Å². The highest BCUT2D eigenvalue weighted by Gasteiger charge is 2.25. The first-order chi connectivity index (χ1) is 13.5. The van der Waals surface area contributed by atoms with Crippen LogP contribution in [0.1, 0.15) is 30.1 Å². The van der Waals surface area contributed by atoms with Crippen molar-refractivity contribution in [2.75, 3.05) is 32.1 Å². The van der Waals surface area contributed by atoms with E-state index in [0.29, 0.717) is 32.5 Å². The van der Waals surface area contributed by atoms with Gasteiger partial charge in [-0.1, -0.05) is 12.1 Å². The summed E-state index contributed by atoms with van der Waals surface area (Å²) in [6, 6.07) is 8.28. The lowest BCUT2D eigenvalue weighted by atomic mass is 9.97. The maximum absolute atomic E-state index is 12.5. The van der Waals surface area contributed by atoms with Crippen molar-refractivity contribution >= 4 is 23.5 Å². The van der Waals surface area contributed by atoms with E-state index < -0.39 is 11.9 Å². The molecule has 0 atom stereocenters. The molecule has 1 aromatic carbocycles. The molecule has 1 amide bonds. The van der Waals surface area contributed by atoms with Gasteiger partial charge in [-0.15, -0.1) is 0 Å². The number of piperidine rings is 1. The van der Waals surface area contributed by atoms with Crippen molar-refractivity contribution in [2.24, 2.45) is 5.92 Å². The van der Waals surface area contributed by atoms with Crippen molar-refractivity contribution in [3.63, 3.8) is 0 Å². The fourth-order valence-electron chi connectivity index (χ4n) is 2.91. The molecule has 0 radical (unpaired) electrons. The number of carbonyl (C=O) groups is 3. The molecule has 0 bridgehead atoms. The van der Waals surface area contributed by atoms with E-state index in [1.165, 1.54) is 19.4 Å². The maximum atomic E-state index is 12.5. The number of likely N-dealkylation sites (tertiary alicyclic amines) is 1. The van der Waals surface area contributed by atoms with Crippen molar-refractivity contribution in [3.8, 4) is 6.07 Å². The van der Waals surface area contributed by atoms with Gasteiger partial charge in [0.2, 0.25) is 0 Å². The molecule has 1 heterocycles. The smallest absolute Gasteiger partial charge is 0.339 e. The minimum Gasteiger partial charge on any atom is -0.466 e. The van der Waals surface area contributed by atoms with Crippen LogP contribution in [0.2, 0.25) is 0 Å². The molecule has 8 heteroatoms. The number of hydrogen-bond acceptors (Lipinski definition) is 7. The zero-order valence-corrected chi connectivity index (χ0v) is 15.9. The lowest BCUT2D eigenvalue weighted by Gasteiger charge is -2.30. The van der Waals surface area contributed by atoms with Crippen molar-refractivity contribution in [1.82, 2.24) is 4.90 Å².